The number of nitrogens with one attached hydrogen (secondary N) is 2. The van der Waals surface area contributed by atoms with Crippen molar-refractivity contribution >= 4 is 11.9 Å². The fourth-order valence-corrected chi connectivity index (χ4v) is 4.15. The van der Waals surface area contributed by atoms with E-state index in [1.54, 1.807) is 19.0 Å². The molecule has 0 aromatic heterocycles. The van der Waals surface area contributed by atoms with Gasteiger partial charge in [-0.05, 0) is 30.7 Å². The molecule has 6 heteroatoms. The highest BCUT2D eigenvalue weighted by Crippen LogP contribution is 2.40. The SMILES string of the molecule is CCC1(CNC(=NCC(=O)N(C)C)NC2CCOc3ccccc32)CCCC1. The van der Waals surface area contributed by atoms with Crippen LogP contribution in [0.1, 0.15) is 57.1 Å². The number of guanidine groups is 1. The molecule has 0 saturated heterocycles. The highest BCUT2D eigenvalue weighted by atomic mass is 16.5. The summed E-state index contributed by atoms with van der Waals surface area (Å²) >= 11 is 0. The van der Waals surface area contributed by atoms with Gasteiger partial charge in [0.05, 0.1) is 12.6 Å². The maximum atomic E-state index is 12.1. The zero-order chi connectivity index (χ0) is 20.0. The summed E-state index contributed by atoms with van der Waals surface area (Å²) in [7, 11) is 3.52. The van der Waals surface area contributed by atoms with Crippen molar-refractivity contribution in [2.45, 2.75) is 51.5 Å². The van der Waals surface area contributed by atoms with Crippen molar-refractivity contribution in [3.05, 3.63) is 29.8 Å². The van der Waals surface area contributed by atoms with Gasteiger partial charge < -0.3 is 20.3 Å². The lowest BCUT2D eigenvalue weighted by atomic mass is 9.83. The van der Waals surface area contributed by atoms with E-state index in [2.05, 4.69) is 28.6 Å². The predicted molar refractivity (Wildman–Crippen MR) is 113 cm³/mol. The number of para-hydroxylation sites is 1. The molecule has 1 aliphatic carbocycles. The van der Waals surface area contributed by atoms with Crippen LogP contribution in [0.15, 0.2) is 29.3 Å². The van der Waals surface area contributed by atoms with Crippen LogP contribution < -0.4 is 15.4 Å². The van der Waals surface area contributed by atoms with E-state index in [0.29, 0.717) is 12.0 Å². The summed E-state index contributed by atoms with van der Waals surface area (Å²) in [6.45, 7) is 4.00. The molecule has 0 bridgehead atoms. The van der Waals surface area contributed by atoms with Gasteiger partial charge >= 0.3 is 0 Å². The zero-order valence-electron chi connectivity index (χ0n) is 17.5. The van der Waals surface area contributed by atoms with Gasteiger partial charge in [-0.15, -0.1) is 0 Å². The van der Waals surface area contributed by atoms with Gasteiger partial charge in [-0.1, -0.05) is 38.0 Å². The molecule has 154 valence electrons. The Kier molecular flexibility index (Phi) is 6.81. The smallest absolute Gasteiger partial charge is 0.243 e. The molecule has 1 heterocycles. The molecular formula is C22H34N4O2. The lowest BCUT2D eigenvalue weighted by molar-refractivity contribution is -0.127. The van der Waals surface area contributed by atoms with Gasteiger partial charge in [0.15, 0.2) is 5.96 Å². The molecule has 6 nitrogen and oxygen atoms in total. The van der Waals surface area contributed by atoms with Crippen LogP contribution in [0.5, 0.6) is 5.75 Å². The lowest BCUT2D eigenvalue weighted by Gasteiger charge is -2.31. The first-order valence-corrected chi connectivity index (χ1v) is 10.5. The van der Waals surface area contributed by atoms with Gasteiger partial charge in [-0.3, -0.25) is 4.79 Å². The van der Waals surface area contributed by atoms with Gasteiger partial charge in [0.25, 0.3) is 0 Å². The number of carbonyl (C=O) groups excluding carboxylic acids is 1. The topological polar surface area (TPSA) is 66.0 Å². The van der Waals surface area contributed by atoms with Crippen molar-refractivity contribution in [1.82, 2.24) is 15.5 Å². The molecule has 28 heavy (non-hydrogen) atoms. The summed E-state index contributed by atoms with van der Waals surface area (Å²) in [6.07, 6.45) is 7.19. The second-order valence-corrected chi connectivity index (χ2v) is 8.24. The summed E-state index contributed by atoms with van der Waals surface area (Å²) in [5.41, 5.74) is 1.50. The number of ether oxygens (including phenoxy) is 1. The number of rotatable bonds is 6. The standard InChI is InChI=1S/C22H34N4O2/c1-4-22(12-7-8-13-22)16-24-21(23-15-20(27)26(2)3)25-18-11-14-28-19-10-6-5-9-17(18)19/h5-6,9-10,18H,4,7-8,11-16H2,1-3H3,(H2,23,24,25). The van der Waals surface area contributed by atoms with Crippen molar-refractivity contribution in [2.75, 3.05) is 33.8 Å². The molecule has 1 unspecified atom stereocenters. The van der Waals surface area contributed by atoms with Crippen molar-refractivity contribution in [3.63, 3.8) is 0 Å². The molecule has 1 fully saturated rings. The number of hydrogen-bond acceptors (Lipinski definition) is 3. The van der Waals surface area contributed by atoms with E-state index in [0.717, 1.165) is 30.2 Å². The summed E-state index contributed by atoms with van der Waals surface area (Å²) in [5, 5.41) is 7.11. The quantitative estimate of drug-likeness (QED) is 0.582. The number of nitrogens with zero attached hydrogens (tertiary/aromatic N) is 2. The maximum absolute atomic E-state index is 12.1. The molecule has 0 radical (unpaired) electrons. The van der Waals surface area contributed by atoms with E-state index in [1.165, 1.54) is 32.1 Å². The summed E-state index contributed by atoms with van der Waals surface area (Å²) in [5.74, 6) is 1.65. The first-order valence-electron chi connectivity index (χ1n) is 10.5. The number of hydrogen-bond donors (Lipinski definition) is 2. The third kappa shape index (κ3) is 4.97. The number of carbonyl (C=O) groups is 1. The van der Waals surface area contributed by atoms with Crippen LogP contribution in [0.3, 0.4) is 0 Å². The Morgan fingerprint density at radius 2 is 2.04 bits per heavy atom. The minimum atomic E-state index is -0.000418. The molecular weight excluding hydrogens is 352 g/mol. The van der Waals surface area contributed by atoms with E-state index in [-0.39, 0.29) is 18.5 Å². The largest absolute Gasteiger partial charge is 0.493 e. The normalized spacial score (nSPS) is 20.8. The van der Waals surface area contributed by atoms with E-state index in [1.807, 2.05) is 18.2 Å². The number of likely N-dealkylation sites (N-methyl/N-ethyl adjacent to an activating group) is 1. The zero-order valence-corrected chi connectivity index (χ0v) is 17.5. The molecule has 3 rings (SSSR count). The van der Waals surface area contributed by atoms with Gasteiger partial charge in [0, 0.05) is 32.6 Å². The van der Waals surface area contributed by atoms with Gasteiger partial charge in [-0.25, -0.2) is 4.99 Å². The molecule has 1 aromatic rings. The van der Waals surface area contributed by atoms with Crippen LogP contribution in [-0.4, -0.2) is 50.6 Å². The Bertz CT molecular complexity index is 696. The van der Waals surface area contributed by atoms with Gasteiger partial charge in [0.2, 0.25) is 5.91 Å². The lowest BCUT2D eigenvalue weighted by Crippen LogP contribution is -2.45. The van der Waals surface area contributed by atoms with Crippen LogP contribution in [0, 0.1) is 5.41 Å². The van der Waals surface area contributed by atoms with Crippen LogP contribution in [-0.2, 0) is 4.79 Å². The number of aliphatic imine (C=N–C) groups is 1. The van der Waals surface area contributed by atoms with E-state index >= 15 is 0 Å². The van der Waals surface area contributed by atoms with Crippen molar-refractivity contribution < 1.29 is 9.53 Å². The van der Waals surface area contributed by atoms with E-state index in [4.69, 9.17) is 4.74 Å². The van der Waals surface area contributed by atoms with E-state index in [9.17, 15) is 4.79 Å². The molecule has 2 N–H and O–H groups in total. The van der Waals surface area contributed by atoms with Crippen LogP contribution in [0.2, 0.25) is 0 Å². The molecule has 1 saturated carbocycles. The maximum Gasteiger partial charge on any atom is 0.243 e. The highest BCUT2D eigenvalue weighted by molar-refractivity contribution is 5.85. The monoisotopic (exact) mass is 386 g/mol. The van der Waals surface area contributed by atoms with Crippen LogP contribution >= 0.6 is 0 Å². The fraction of sp³-hybridized carbons (Fsp3) is 0.636. The first kappa shape index (κ1) is 20.5. The second kappa shape index (κ2) is 9.30. The third-order valence-electron chi connectivity index (χ3n) is 6.19. The summed E-state index contributed by atoms with van der Waals surface area (Å²) < 4.78 is 5.78. The number of fused-ring (bicyclic) bond motifs is 1. The van der Waals surface area contributed by atoms with E-state index < -0.39 is 0 Å². The minimum Gasteiger partial charge on any atom is -0.493 e. The average Bonchev–Trinajstić information content (AvgIpc) is 3.19. The molecule has 2 aliphatic rings. The molecule has 1 atom stereocenters. The van der Waals surface area contributed by atoms with Crippen molar-refractivity contribution in [3.8, 4) is 5.75 Å². The molecule has 1 aromatic carbocycles. The second-order valence-electron chi connectivity index (χ2n) is 8.24. The van der Waals surface area contributed by atoms with Gasteiger partial charge in [0.1, 0.15) is 12.3 Å². The van der Waals surface area contributed by atoms with Crippen molar-refractivity contribution in [1.29, 1.82) is 0 Å². The van der Waals surface area contributed by atoms with Crippen molar-refractivity contribution in [2.24, 2.45) is 10.4 Å². The highest BCUT2D eigenvalue weighted by Gasteiger charge is 2.32. The molecule has 1 aliphatic heterocycles. The summed E-state index contributed by atoms with van der Waals surface area (Å²) in [6, 6.07) is 8.27. The molecule has 0 spiro atoms. The van der Waals surface area contributed by atoms with Crippen LogP contribution in [0.25, 0.3) is 0 Å². The Morgan fingerprint density at radius 1 is 1.29 bits per heavy atom. The Balaban J connectivity index is 1.73. The van der Waals surface area contributed by atoms with Crippen LogP contribution in [0.4, 0.5) is 0 Å². The Hall–Kier alpha value is -2.24. The Morgan fingerprint density at radius 3 is 2.75 bits per heavy atom. The number of amides is 1. The first-order chi connectivity index (χ1) is 13.5. The summed E-state index contributed by atoms with van der Waals surface area (Å²) in [4.78, 5) is 18.2. The van der Waals surface area contributed by atoms with Gasteiger partial charge in [-0.2, -0.15) is 0 Å². The Labute approximate surface area is 168 Å². The third-order valence-corrected chi connectivity index (χ3v) is 6.19. The predicted octanol–water partition coefficient (Wildman–Crippen LogP) is 3.10. The molecule has 1 amide bonds. The number of benzene rings is 1. The average molecular weight is 387 g/mol. The minimum absolute atomic E-state index is 0.000418. The fourth-order valence-electron chi connectivity index (χ4n) is 4.15.